The molecule has 2 N–H and O–H groups in total. The summed E-state index contributed by atoms with van der Waals surface area (Å²) in [5, 5.41) is 19.5. The number of aliphatic hydroxyl groups excluding tert-OH is 1. The second-order valence-electron chi connectivity index (χ2n) is 7.75. The van der Waals surface area contributed by atoms with Crippen LogP contribution < -0.4 is 5.32 Å². The maximum Gasteiger partial charge on any atom is 0.108 e. The first-order valence-corrected chi connectivity index (χ1v) is 11.5. The summed E-state index contributed by atoms with van der Waals surface area (Å²) < 4.78 is 0. The van der Waals surface area contributed by atoms with Crippen molar-refractivity contribution < 1.29 is 5.11 Å². The molecule has 0 aliphatic rings. The number of rotatable bonds is 12. The second kappa shape index (κ2) is 15.9. The molecule has 0 aromatic rings. The molecule has 0 spiro atoms. The fourth-order valence-corrected chi connectivity index (χ4v) is 3.39. The van der Waals surface area contributed by atoms with E-state index >= 15 is 0 Å². The zero-order valence-corrected chi connectivity index (χ0v) is 22.3. The summed E-state index contributed by atoms with van der Waals surface area (Å²) in [4.78, 5) is 4.36. The molecule has 1 atom stereocenters. The van der Waals surface area contributed by atoms with Crippen LogP contribution in [0.15, 0.2) is 93.0 Å². The number of amidine groups is 1. The average molecular weight is 473 g/mol. The molecule has 0 aromatic carbocycles. The highest BCUT2D eigenvalue weighted by Crippen LogP contribution is 2.20. The van der Waals surface area contributed by atoms with Crippen LogP contribution in [-0.4, -0.2) is 35.8 Å². The number of hydrogen-bond acceptors (Lipinski definition) is 4. The van der Waals surface area contributed by atoms with Gasteiger partial charge in [-0.15, -0.1) is 0 Å². The van der Waals surface area contributed by atoms with Crippen molar-refractivity contribution in [3.63, 3.8) is 0 Å². The van der Waals surface area contributed by atoms with Crippen molar-refractivity contribution in [2.75, 3.05) is 14.1 Å². The third kappa shape index (κ3) is 11.1. The molecule has 0 aliphatic carbocycles. The van der Waals surface area contributed by atoms with Crippen molar-refractivity contribution >= 4 is 23.1 Å². The van der Waals surface area contributed by atoms with Gasteiger partial charge in [0.25, 0.3) is 0 Å². The lowest BCUT2D eigenvalue weighted by atomic mass is 10.00. The van der Waals surface area contributed by atoms with E-state index in [1.165, 1.54) is 0 Å². The van der Waals surface area contributed by atoms with Crippen molar-refractivity contribution in [2.45, 2.75) is 54.4 Å². The fraction of sp³-hybridized carbons (Fsp3) is 0.407. The van der Waals surface area contributed by atoms with Crippen molar-refractivity contribution in [3.8, 4) is 0 Å². The summed E-state index contributed by atoms with van der Waals surface area (Å²) in [7, 11) is 3.62. The molecule has 0 rings (SSSR count). The second-order valence-corrected chi connectivity index (χ2v) is 7.97. The molecule has 6 heteroatoms. The Balaban J connectivity index is 5.65. The monoisotopic (exact) mass is 472 g/mol. The van der Waals surface area contributed by atoms with Crippen molar-refractivity contribution in [1.29, 1.82) is 0 Å². The lowest BCUT2D eigenvalue weighted by Crippen LogP contribution is -2.30. The average Bonchev–Trinajstić information content (AvgIpc) is 2.76. The van der Waals surface area contributed by atoms with E-state index in [-0.39, 0.29) is 11.7 Å². The Morgan fingerprint density at radius 1 is 1.21 bits per heavy atom. The minimum atomic E-state index is -0.0331. The van der Waals surface area contributed by atoms with Crippen LogP contribution in [0.25, 0.3) is 0 Å². The van der Waals surface area contributed by atoms with E-state index in [2.05, 4.69) is 43.4 Å². The van der Waals surface area contributed by atoms with Crippen LogP contribution >= 0.6 is 11.6 Å². The zero-order chi connectivity index (χ0) is 25.6. The zero-order valence-electron chi connectivity index (χ0n) is 21.5. The van der Waals surface area contributed by atoms with Gasteiger partial charge < -0.3 is 10.4 Å². The minimum absolute atomic E-state index is 0.00584. The molecule has 0 amide bonds. The molecule has 0 heterocycles. The van der Waals surface area contributed by atoms with Gasteiger partial charge in [-0.3, -0.25) is 10.0 Å². The van der Waals surface area contributed by atoms with Crippen molar-refractivity contribution in [3.05, 3.63) is 82.9 Å². The third-order valence-electron chi connectivity index (χ3n) is 5.10. The van der Waals surface area contributed by atoms with Crippen LogP contribution in [0.2, 0.25) is 0 Å². The number of nitrogens with one attached hydrogen (secondary N) is 1. The summed E-state index contributed by atoms with van der Waals surface area (Å²) in [6.07, 6.45) is 10.8. The Kier molecular flexibility index (Phi) is 14.6. The smallest absolute Gasteiger partial charge is 0.108 e. The predicted molar refractivity (Wildman–Crippen MR) is 147 cm³/mol. The number of halogens is 1. The molecular weight excluding hydrogens is 432 g/mol. The molecule has 0 fully saturated rings. The summed E-state index contributed by atoms with van der Waals surface area (Å²) in [6, 6.07) is 0. The van der Waals surface area contributed by atoms with E-state index in [9.17, 15) is 5.11 Å². The van der Waals surface area contributed by atoms with Crippen LogP contribution in [-0.2, 0) is 0 Å². The number of hydrogen-bond donors (Lipinski definition) is 2. The largest absolute Gasteiger partial charge is 0.509 e. The first kappa shape index (κ1) is 30.2. The molecular formula is C27H41ClN4O. The molecule has 0 aliphatic heterocycles. The minimum Gasteiger partial charge on any atom is -0.509 e. The molecule has 0 radical (unpaired) electrons. The molecule has 182 valence electrons. The van der Waals surface area contributed by atoms with Gasteiger partial charge in [-0.05, 0) is 51.3 Å². The fourth-order valence-electron chi connectivity index (χ4n) is 3.07. The van der Waals surface area contributed by atoms with Gasteiger partial charge in [0.15, 0.2) is 0 Å². The van der Waals surface area contributed by atoms with Gasteiger partial charge in [-0.2, -0.15) is 5.10 Å². The molecule has 0 saturated carbocycles. The van der Waals surface area contributed by atoms with Gasteiger partial charge in [0.2, 0.25) is 0 Å². The van der Waals surface area contributed by atoms with Gasteiger partial charge in [0, 0.05) is 43.4 Å². The number of hydrazone groups is 1. The number of nitrogens with zero attached hydrogens (tertiary/aromatic N) is 3. The number of likely N-dealkylation sites (N-methyl/N-ethyl adjacent to an activating group) is 1. The normalized spacial score (nSPS) is 15.7. The highest BCUT2D eigenvalue weighted by atomic mass is 35.5. The molecule has 0 aromatic heterocycles. The Hall–Kier alpha value is -2.79. The number of aliphatic imine (C=N–C) groups is 1. The Morgan fingerprint density at radius 3 is 2.30 bits per heavy atom. The Bertz CT molecular complexity index is 901. The first-order chi connectivity index (χ1) is 15.5. The highest BCUT2D eigenvalue weighted by Gasteiger charge is 2.17. The van der Waals surface area contributed by atoms with Crippen LogP contribution in [0.5, 0.6) is 0 Å². The topological polar surface area (TPSA) is 60.2 Å². The van der Waals surface area contributed by atoms with Crippen molar-refractivity contribution in [1.82, 2.24) is 10.3 Å². The standard InChI is InChI=1S/C27H41ClN4O/c1-11-14-24(16-21(6)33)17-27(29-9)30-23(8)22(7)25(13-3)31-32(10)26(18-28)20(5)15-19(4)12-2/h11-12,14-16,18,22,33H,6,8,13,17H2,1-5,7,9-10H3,(H,29,30)/b14-11-,19-12-,20-15-,24-16+,26-18-,31-25-/t22-/m1/s1. The summed E-state index contributed by atoms with van der Waals surface area (Å²) in [5.74, 6) is 0.712. The van der Waals surface area contributed by atoms with Gasteiger partial charge in [-0.25, -0.2) is 0 Å². The van der Waals surface area contributed by atoms with Gasteiger partial charge in [0.1, 0.15) is 11.6 Å². The van der Waals surface area contributed by atoms with E-state index in [0.717, 1.165) is 46.1 Å². The van der Waals surface area contributed by atoms with Crippen molar-refractivity contribution in [2.24, 2.45) is 16.0 Å². The molecule has 0 unspecified atom stereocenters. The summed E-state index contributed by atoms with van der Waals surface area (Å²) >= 11 is 6.14. The maximum atomic E-state index is 9.54. The maximum absolute atomic E-state index is 9.54. The SMILES string of the molecule is C=C(O)/C=C(\C=C/C)C/C(=N/C)NC(=C)[C@@H](C)/C(CC)=N\N(C)C(=C\Cl)/C(C)=C\C(C)=C/C. The third-order valence-corrected chi connectivity index (χ3v) is 5.30. The predicted octanol–water partition coefficient (Wildman–Crippen LogP) is 7.41. The van der Waals surface area contributed by atoms with Gasteiger partial charge in [-0.1, -0.05) is 68.5 Å². The summed E-state index contributed by atoms with van der Waals surface area (Å²) in [5.41, 5.74) is 7.21. The van der Waals surface area contributed by atoms with E-state index in [4.69, 9.17) is 16.7 Å². The lowest BCUT2D eigenvalue weighted by molar-refractivity contribution is 0.434. The van der Waals surface area contributed by atoms with Gasteiger partial charge >= 0.3 is 0 Å². The van der Waals surface area contributed by atoms with Crippen LogP contribution in [0.1, 0.15) is 54.4 Å². The highest BCUT2D eigenvalue weighted by molar-refractivity contribution is 6.25. The first-order valence-electron chi connectivity index (χ1n) is 11.1. The van der Waals surface area contributed by atoms with E-state index in [1.54, 1.807) is 23.7 Å². The van der Waals surface area contributed by atoms with Crippen LogP contribution in [0, 0.1) is 5.92 Å². The Labute approximate surface area is 206 Å². The molecule has 5 nitrogen and oxygen atoms in total. The quantitative estimate of drug-likeness (QED) is 0.102. The molecule has 0 bridgehead atoms. The number of allylic oxidation sites excluding steroid dienone is 8. The molecule has 0 saturated heterocycles. The van der Waals surface area contributed by atoms with Crippen LogP contribution in [0.3, 0.4) is 0 Å². The van der Waals surface area contributed by atoms with E-state index in [1.807, 2.05) is 53.0 Å². The van der Waals surface area contributed by atoms with Gasteiger partial charge in [0.05, 0.1) is 5.70 Å². The van der Waals surface area contributed by atoms with E-state index in [0.29, 0.717) is 6.42 Å². The van der Waals surface area contributed by atoms with E-state index < -0.39 is 0 Å². The van der Waals surface area contributed by atoms with Crippen LogP contribution in [0.4, 0.5) is 0 Å². The lowest BCUT2D eigenvalue weighted by Gasteiger charge is -2.23. The molecule has 33 heavy (non-hydrogen) atoms. The summed E-state index contributed by atoms with van der Waals surface area (Å²) in [6.45, 7) is 19.9. The number of aliphatic hydroxyl groups is 1. The Morgan fingerprint density at radius 2 is 1.85 bits per heavy atom.